The van der Waals surface area contributed by atoms with E-state index in [-0.39, 0.29) is 12.2 Å². The fourth-order valence-corrected chi connectivity index (χ4v) is 3.70. The second kappa shape index (κ2) is 7.38. The Labute approximate surface area is 148 Å². The Kier molecular flexibility index (Phi) is 4.81. The summed E-state index contributed by atoms with van der Waals surface area (Å²) in [5.41, 5.74) is 1.08. The summed E-state index contributed by atoms with van der Waals surface area (Å²) in [5, 5.41) is 2.36. The van der Waals surface area contributed by atoms with Crippen molar-refractivity contribution in [2.75, 3.05) is 26.3 Å². The second-order valence-electron chi connectivity index (χ2n) is 6.67. The molecule has 0 spiro atoms. The van der Waals surface area contributed by atoms with Crippen molar-refractivity contribution in [3.05, 3.63) is 54.1 Å². The normalized spacial score (nSPS) is 19.9. The van der Waals surface area contributed by atoms with Crippen LogP contribution in [0.4, 0.5) is 0 Å². The minimum absolute atomic E-state index is 0.0662. The number of carbonyl (C=O) groups is 1. The average molecular weight is 337 g/mol. The van der Waals surface area contributed by atoms with Gasteiger partial charge in [0.25, 0.3) is 0 Å². The number of likely N-dealkylation sites (tertiary alicyclic amines) is 1. The summed E-state index contributed by atoms with van der Waals surface area (Å²) in [4.78, 5) is 14.4. The van der Waals surface area contributed by atoms with Gasteiger partial charge >= 0.3 is 0 Å². The maximum atomic E-state index is 12.5. The predicted molar refractivity (Wildman–Crippen MR) is 98.0 cm³/mol. The van der Waals surface area contributed by atoms with Gasteiger partial charge in [0, 0.05) is 25.1 Å². The molecule has 2 fully saturated rings. The number of amides is 1. The highest BCUT2D eigenvalue weighted by atomic mass is 16.7. The molecular formula is C21H23NO3. The molecule has 2 aliphatic heterocycles. The maximum absolute atomic E-state index is 12.5. The Morgan fingerprint density at radius 3 is 2.52 bits per heavy atom. The molecule has 0 radical (unpaired) electrons. The molecule has 2 aliphatic rings. The fraction of sp³-hybridized carbons (Fsp3) is 0.381. The van der Waals surface area contributed by atoms with Crippen molar-refractivity contribution in [1.82, 2.24) is 4.90 Å². The van der Waals surface area contributed by atoms with Crippen molar-refractivity contribution < 1.29 is 14.3 Å². The highest BCUT2D eigenvalue weighted by Gasteiger charge is 2.31. The summed E-state index contributed by atoms with van der Waals surface area (Å²) in [6.45, 7) is 2.92. The summed E-state index contributed by atoms with van der Waals surface area (Å²) in [6, 6.07) is 14.4. The first-order valence-corrected chi connectivity index (χ1v) is 8.99. The van der Waals surface area contributed by atoms with E-state index in [0.29, 0.717) is 19.1 Å². The highest BCUT2D eigenvalue weighted by Crippen LogP contribution is 2.26. The summed E-state index contributed by atoms with van der Waals surface area (Å²) in [6.07, 6.45) is 5.45. The van der Waals surface area contributed by atoms with Crippen LogP contribution in [0.25, 0.3) is 16.8 Å². The molecule has 0 unspecified atom stereocenters. The van der Waals surface area contributed by atoms with E-state index in [4.69, 9.17) is 9.47 Å². The molecule has 0 aliphatic carbocycles. The van der Waals surface area contributed by atoms with Crippen LogP contribution < -0.4 is 0 Å². The number of rotatable bonds is 3. The van der Waals surface area contributed by atoms with Gasteiger partial charge in [0.1, 0.15) is 0 Å². The standard InChI is InChI=1S/C21H23NO3/c23-20(22-12-10-18(11-13-22)21-24-14-15-25-21)9-8-17-6-3-5-16-4-1-2-7-19(16)17/h1-9,18,21H,10-15H2/b9-8+. The van der Waals surface area contributed by atoms with Crippen molar-refractivity contribution in [3.63, 3.8) is 0 Å². The lowest BCUT2D eigenvalue weighted by atomic mass is 9.96. The first kappa shape index (κ1) is 16.3. The zero-order chi connectivity index (χ0) is 17.1. The number of ether oxygens (including phenoxy) is 2. The summed E-state index contributed by atoms with van der Waals surface area (Å²) in [5.74, 6) is 0.494. The van der Waals surface area contributed by atoms with E-state index < -0.39 is 0 Å². The van der Waals surface area contributed by atoms with Crippen LogP contribution in [0.15, 0.2) is 48.5 Å². The molecule has 0 atom stereocenters. The van der Waals surface area contributed by atoms with E-state index in [9.17, 15) is 4.79 Å². The van der Waals surface area contributed by atoms with Crippen molar-refractivity contribution >= 4 is 22.8 Å². The van der Waals surface area contributed by atoms with Gasteiger partial charge in [0.05, 0.1) is 13.2 Å². The lowest BCUT2D eigenvalue weighted by Crippen LogP contribution is -2.40. The van der Waals surface area contributed by atoms with Gasteiger partial charge < -0.3 is 14.4 Å². The number of carbonyl (C=O) groups excluding carboxylic acids is 1. The third kappa shape index (κ3) is 3.60. The highest BCUT2D eigenvalue weighted by molar-refractivity contribution is 5.96. The summed E-state index contributed by atoms with van der Waals surface area (Å²) >= 11 is 0. The van der Waals surface area contributed by atoms with Gasteiger partial charge in [0.15, 0.2) is 6.29 Å². The Bertz CT molecular complexity index is 766. The molecule has 4 heteroatoms. The molecule has 2 saturated heterocycles. The fourth-order valence-electron chi connectivity index (χ4n) is 3.70. The summed E-state index contributed by atoms with van der Waals surface area (Å²) < 4.78 is 11.2. The smallest absolute Gasteiger partial charge is 0.246 e. The van der Waals surface area contributed by atoms with Gasteiger partial charge in [0.2, 0.25) is 5.91 Å². The maximum Gasteiger partial charge on any atom is 0.246 e. The van der Waals surface area contributed by atoms with Crippen LogP contribution in [0.2, 0.25) is 0 Å². The van der Waals surface area contributed by atoms with Gasteiger partial charge in [-0.25, -0.2) is 0 Å². The van der Waals surface area contributed by atoms with Crippen molar-refractivity contribution in [2.24, 2.45) is 5.92 Å². The molecule has 2 heterocycles. The molecule has 0 N–H and O–H groups in total. The van der Waals surface area contributed by atoms with Gasteiger partial charge in [-0.2, -0.15) is 0 Å². The average Bonchev–Trinajstić information content (AvgIpc) is 3.21. The van der Waals surface area contributed by atoms with Gasteiger partial charge in [-0.3, -0.25) is 4.79 Å². The molecule has 0 aromatic heterocycles. The number of benzene rings is 2. The topological polar surface area (TPSA) is 38.8 Å². The second-order valence-corrected chi connectivity index (χ2v) is 6.67. The van der Waals surface area contributed by atoms with Crippen LogP contribution in [0.1, 0.15) is 18.4 Å². The van der Waals surface area contributed by atoms with Crippen LogP contribution in [-0.4, -0.2) is 43.4 Å². The zero-order valence-corrected chi connectivity index (χ0v) is 14.3. The Balaban J connectivity index is 1.39. The van der Waals surface area contributed by atoms with Gasteiger partial charge in [-0.1, -0.05) is 42.5 Å². The third-order valence-corrected chi connectivity index (χ3v) is 5.11. The zero-order valence-electron chi connectivity index (χ0n) is 14.3. The lowest BCUT2D eigenvalue weighted by Gasteiger charge is -2.33. The molecule has 2 aromatic carbocycles. The molecule has 0 saturated carbocycles. The first-order chi connectivity index (χ1) is 12.3. The van der Waals surface area contributed by atoms with Crippen LogP contribution in [0.5, 0.6) is 0 Å². The Morgan fingerprint density at radius 2 is 1.72 bits per heavy atom. The Hall–Kier alpha value is -2.17. The quantitative estimate of drug-likeness (QED) is 0.805. The number of nitrogens with zero attached hydrogens (tertiary/aromatic N) is 1. The minimum Gasteiger partial charge on any atom is -0.350 e. The lowest BCUT2D eigenvalue weighted by molar-refractivity contribution is -0.131. The van der Waals surface area contributed by atoms with E-state index in [2.05, 4.69) is 18.2 Å². The number of piperidine rings is 1. The summed E-state index contributed by atoms with van der Waals surface area (Å²) in [7, 11) is 0. The first-order valence-electron chi connectivity index (χ1n) is 8.99. The SMILES string of the molecule is O=C(/C=C/c1cccc2ccccc12)N1CCC(C2OCCO2)CC1. The monoisotopic (exact) mass is 337 g/mol. The predicted octanol–water partition coefficient (Wildman–Crippen LogP) is 3.46. The van der Waals surface area contributed by atoms with Crippen molar-refractivity contribution in [3.8, 4) is 0 Å². The van der Waals surface area contributed by atoms with Crippen LogP contribution >= 0.6 is 0 Å². The van der Waals surface area contributed by atoms with Crippen molar-refractivity contribution in [1.29, 1.82) is 0 Å². The third-order valence-electron chi connectivity index (χ3n) is 5.11. The van der Waals surface area contributed by atoms with Gasteiger partial charge in [-0.15, -0.1) is 0 Å². The van der Waals surface area contributed by atoms with E-state index in [1.54, 1.807) is 6.08 Å². The van der Waals surface area contributed by atoms with Crippen LogP contribution in [0.3, 0.4) is 0 Å². The Morgan fingerprint density at radius 1 is 1.00 bits per heavy atom. The number of hydrogen-bond acceptors (Lipinski definition) is 3. The van der Waals surface area contributed by atoms with Crippen LogP contribution in [0, 0.1) is 5.92 Å². The molecular weight excluding hydrogens is 314 g/mol. The number of fused-ring (bicyclic) bond motifs is 1. The molecule has 4 nitrogen and oxygen atoms in total. The molecule has 0 bridgehead atoms. The minimum atomic E-state index is -0.0662. The van der Waals surface area contributed by atoms with Gasteiger partial charge in [-0.05, 0) is 35.3 Å². The van der Waals surface area contributed by atoms with E-state index in [1.807, 2.05) is 35.2 Å². The van der Waals surface area contributed by atoms with E-state index in [1.165, 1.54) is 10.8 Å². The largest absolute Gasteiger partial charge is 0.350 e. The number of hydrogen-bond donors (Lipinski definition) is 0. The van der Waals surface area contributed by atoms with Crippen molar-refractivity contribution in [2.45, 2.75) is 19.1 Å². The van der Waals surface area contributed by atoms with E-state index in [0.717, 1.165) is 31.5 Å². The van der Waals surface area contributed by atoms with E-state index >= 15 is 0 Å². The molecule has 2 aromatic rings. The molecule has 130 valence electrons. The molecule has 4 rings (SSSR count). The van der Waals surface area contributed by atoms with Crippen LogP contribution in [-0.2, 0) is 14.3 Å². The molecule has 1 amide bonds. The molecule has 25 heavy (non-hydrogen) atoms.